The zero-order chi connectivity index (χ0) is 12.1. The number of nitrogens with one attached hydrogen (secondary N) is 1. The summed E-state index contributed by atoms with van der Waals surface area (Å²) in [6.45, 7) is 4.72. The van der Waals surface area contributed by atoms with E-state index in [1.165, 1.54) is 0 Å². The third-order valence-corrected chi connectivity index (χ3v) is 4.67. The Kier molecular flexibility index (Phi) is 4.11. The Bertz CT molecular complexity index is 410. The van der Waals surface area contributed by atoms with Crippen molar-refractivity contribution in [3.63, 3.8) is 0 Å². The van der Waals surface area contributed by atoms with E-state index in [0.29, 0.717) is 0 Å². The van der Waals surface area contributed by atoms with E-state index in [2.05, 4.69) is 5.32 Å². The van der Waals surface area contributed by atoms with Gasteiger partial charge in [-0.1, -0.05) is 13.8 Å². The molecule has 3 atom stereocenters. The van der Waals surface area contributed by atoms with E-state index in [1.807, 2.05) is 13.8 Å². The maximum atomic E-state index is 12.1. The monoisotopic (exact) mass is 282 g/mol. The number of carbonyl (C=O) groups excluding carboxylic acids is 1. The number of hydrogen-bond donors (Lipinski definition) is 1. The van der Waals surface area contributed by atoms with Gasteiger partial charge in [-0.05, 0) is 18.9 Å². The van der Waals surface area contributed by atoms with Crippen molar-refractivity contribution in [1.82, 2.24) is 9.62 Å². The van der Waals surface area contributed by atoms with Crippen molar-refractivity contribution in [2.24, 2.45) is 11.8 Å². The summed E-state index contributed by atoms with van der Waals surface area (Å²) in [6, 6.07) is -0.169. The van der Waals surface area contributed by atoms with Crippen molar-refractivity contribution in [2.75, 3.05) is 12.8 Å². The number of halogens is 1. The van der Waals surface area contributed by atoms with Gasteiger partial charge in [0.15, 0.2) is 0 Å². The fraction of sp³-hybridized carbons (Fsp3) is 0.900. The summed E-state index contributed by atoms with van der Waals surface area (Å²) in [7, 11) is -3.43. The number of hydrogen-bond acceptors (Lipinski definition) is 4. The van der Waals surface area contributed by atoms with Gasteiger partial charge in [-0.2, -0.15) is 0 Å². The second-order valence-electron chi connectivity index (χ2n) is 5.00. The number of sulfonamides is 1. The SMILES string of the molecule is CC(C)C1C(=O)N(S(C)(=O)=O)C2CCNC12.Cl. The van der Waals surface area contributed by atoms with Crippen molar-refractivity contribution in [3.05, 3.63) is 0 Å². The molecule has 0 aromatic heterocycles. The van der Waals surface area contributed by atoms with Gasteiger partial charge in [0.05, 0.1) is 18.2 Å². The van der Waals surface area contributed by atoms with E-state index in [0.717, 1.165) is 23.5 Å². The predicted octanol–water partition coefficient (Wildman–Crippen LogP) is 0.213. The van der Waals surface area contributed by atoms with Crippen molar-refractivity contribution >= 4 is 28.3 Å². The Morgan fingerprint density at radius 2 is 2.00 bits per heavy atom. The maximum absolute atomic E-state index is 12.1. The molecule has 2 aliphatic rings. The Hall–Kier alpha value is -0.330. The first-order valence-corrected chi connectivity index (χ1v) is 7.45. The molecule has 0 bridgehead atoms. The van der Waals surface area contributed by atoms with Crippen LogP contribution in [-0.2, 0) is 14.8 Å². The van der Waals surface area contributed by atoms with E-state index in [9.17, 15) is 13.2 Å². The molecule has 2 fully saturated rings. The normalized spacial score (nSPS) is 32.8. The van der Waals surface area contributed by atoms with Crippen LogP contribution in [0.4, 0.5) is 0 Å². The van der Waals surface area contributed by atoms with Crippen LogP contribution in [0.5, 0.6) is 0 Å². The number of carbonyl (C=O) groups is 1. The first-order chi connectivity index (χ1) is 7.34. The molecule has 2 heterocycles. The van der Waals surface area contributed by atoms with E-state index in [4.69, 9.17) is 0 Å². The molecule has 2 rings (SSSR count). The highest BCUT2D eigenvalue weighted by molar-refractivity contribution is 7.88. The van der Waals surface area contributed by atoms with Crippen LogP contribution < -0.4 is 5.32 Å². The van der Waals surface area contributed by atoms with Crippen molar-refractivity contribution < 1.29 is 13.2 Å². The number of rotatable bonds is 2. The molecule has 17 heavy (non-hydrogen) atoms. The summed E-state index contributed by atoms with van der Waals surface area (Å²) in [5.41, 5.74) is 0. The van der Waals surface area contributed by atoms with E-state index in [-0.39, 0.29) is 42.2 Å². The topological polar surface area (TPSA) is 66.5 Å². The van der Waals surface area contributed by atoms with Crippen LogP contribution in [0.2, 0.25) is 0 Å². The molecular formula is C10H19ClN2O3S. The first kappa shape index (κ1) is 14.7. The number of fused-ring (bicyclic) bond motifs is 1. The van der Waals surface area contributed by atoms with E-state index in [1.54, 1.807) is 0 Å². The van der Waals surface area contributed by atoms with E-state index >= 15 is 0 Å². The van der Waals surface area contributed by atoms with Crippen LogP contribution in [0.15, 0.2) is 0 Å². The van der Waals surface area contributed by atoms with E-state index < -0.39 is 10.0 Å². The van der Waals surface area contributed by atoms with Gasteiger partial charge in [0, 0.05) is 6.04 Å². The zero-order valence-corrected chi connectivity index (χ0v) is 11.8. The molecule has 0 spiro atoms. The summed E-state index contributed by atoms with van der Waals surface area (Å²) in [5.74, 6) is -0.278. The molecule has 2 saturated heterocycles. The van der Waals surface area contributed by atoms with Gasteiger partial charge in [-0.25, -0.2) is 12.7 Å². The number of nitrogens with zero attached hydrogens (tertiary/aromatic N) is 1. The van der Waals surface area contributed by atoms with Crippen LogP contribution in [0, 0.1) is 11.8 Å². The molecule has 0 aromatic rings. The molecule has 3 unspecified atom stereocenters. The van der Waals surface area contributed by atoms with Gasteiger partial charge >= 0.3 is 0 Å². The summed E-state index contributed by atoms with van der Waals surface area (Å²) < 4.78 is 24.4. The Balaban J connectivity index is 0.00000144. The standard InChI is InChI=1S/C10H18N2O3S.ClH/c1-6(2)8-9-7(4-5-11-9)12(10(8)13)16(3,14)15;/h6-9,11H,4-5H2,1-3H3;1H. The lowest BCUT2D eigenvalue weighted by Gasteiger charge is -2.20. The molecule has 2 aliphatic heterocycles. The third kappa shape index (κ3) is 2.30. The van der Waals surface area contributed by atoms with Crippen molar-refractivity contribution in [2.45, 2.75) is 32.4 Å². The zero-order valence-electron chi connectivity index (χ0n) is 10.2. The molecular weight excluding hydrogens is 264 g/mol. The lowest BCUT2D eigenvalue weighted by molar-refractivity contribution is -0.128. The van der Waals surface area contributed by atoms with Gasteiger partial charge < -0.3 is 5.32 Å². The molecule has 1 N–H and O–H groups in total. The molecule has 0 aliphatic carbocycles. The molecule has 7 heteroatoms. The highest BCUT2D eigenvalue weighted by Gasteiger charge is 2.54. The fourth-order valence-electron chi connectivity index (χ4n) is 2.92. The minimum absolute atomic E-state index is 0. The Labute approximate surface area is 108 Å². The van der Waals surface area contributed by atoms with Gasteiger partial charge in [-0.15, -0.1) is 12.4 Å². The molecule has 100 valence electrons. The lowest BCUT2D eigenvalue weighted by Crippen LogP contribution is -2.39. The van der Waals surface area contributed by atoms with Crippen LogP contribution in [-0.4, -0.2) is 43.5 Å². The van der Waals surface area contributed by atoms with Gasteiger partial charge in [0.25, 0.3) is 0 Å². The second-order valence-corrected chi connectivity index (χ2v) is 6.86. The molecule has 0 radical (unpaired) electrons. The molecule has 5 nitrogen and oxygen atoms in total. The van der Waals surface area contributed by atoms with Gasteiger partial charge in [0.2, 0.25) is 15.9 Å². The predicted molar refractivity (Wildman–Crippen MR) is 67.5 cm³/mol. The van der Waals surface area contributed by atoms with Crippen LogP contribution in [0.3, 0.4) is 0 Å². The van der Waals surface area contributed by atoms with Crippen LogP contribution in [0.1, 0.15) is 20.3 Å². The summed E-state index contributed by atoms with van der Waals surface area (Å²) in [6.07, 6.45) is 1.84. The smallest absolute Gasteiger partial charge is 0.241 e. The second kappa shape index (κ2) is 4.74. The Morgan fingerprint density at radius 1 is 1.41 bits per heavy atom. The minimum Gasteiger partial charge on any atom is -0.311 e. The quantitative estimate of drug-likeness (QED) is 0.786. The number of amides is 1. The van der Waals surface area contributed by atoms with Crippen LogP contribution >= 0.6 is 12.4 Å². The van der Waals surface area contributed by atoms with Crippen molar-refractivity contribution in [1.29, 1.82) is 0 Å². The first-order valence-electron chi connectivity index (χ1n) is 5.60. The van der Waals surface area contributed by atoms with Gasteiger partial charge in [-0.3, -0.25) is 4.79 Å². The molecule has 1 amide bonds. The highest BCUT2D eigenvalue weighted by Crippen LogP contribution is 2.36. The maximum Gasteiger partial charge on any atom is 0.241 e. The fourth-order valence-corrected chi connectivity index (χ4v) is 4.09. The summed E-state index contributed by atoms with van der Waals surface area (Å²) >= 11 is 0. The average molecular weight is 283 g/mol. The highest BCUT2D eigenvalue weighted by atomic mass is 35.5. The lowest BCUT2D eigenvalue weighted by atomic mass is 9.89. The third-order valence-electron chi connectivity index (χ3n) is 3.50. The molecule has 0 saturated carbocycles. The minimum atomic E-state index is -3.43. The van der Waals surface area contributed by atoms with Gasteiger partial charge in [0.1, 0.15) is 0 Å². The van der Waals surface area contributed by atoms with Crippen LogP contribution in [0.25, 0.3) is 0 Å². The molecule has 0 aromatic carbocycles. The summed E-state index contributed by atoms with van der Waals surface area (Å²) in [4.78, 5) is 12.1. The van der Waals surface area contributed by atoms with Crippen molar-refractivity contribution in [3.8, 4) is 0 Å². The Morgan fingerprint density at radius 3 is 2.47 bits per heavy atom. The average Bonchev–Trinajstić information content (AvgIpc) is 2.58. The summed E-state index contributed by atoms with van der Waals surface area (Å²) in [5, 5.41) is 3.26. The largest absolute Gasteiger partial charge is 0.311 e.